The highest BCUT2D eigenvalue weighted by Crippen LogP contribution is 2.44. The van der Waals surface area contributed by atoms with E-state index in [1.807, 2.05) is 0 Å². The normalized spacial score (nSPS) is 27.1. The van der Waals surface area contributed by atoms with Gasteiger partial charge in [-0.3, -0.25) is 4.79 Å². The number of carbonyl (C=O) groups excluding carboxylic acids is 1. The number of alkyl halides is 2. The number of aliphatic hydroxyl groups is 1. The summed E-state index contributed by atoms with van der Waals surface area (Å²) in [6, 6.07) is 0. The minimum Gasteiger partial charge on any atom is -0.386 e. The second-order valence-electron chi connectivity index (χ2n) is 4.68. The van der Waals surface area contributed by atoms with Crippen LogP contribution in [-0.2, 0) is 9.53 Å². The Labute approximate surface area is 93.8 Å². The van der Waals surface area contributed by atoms with Crippen molar-refractivity contribution in [2.24, 2.45) is 0 Å². The Balaban J connectivity index is 2.91. The van der Waals surface area contributed by atoms with Crippen LogP contribution in [0.3, 0.4) is 0 Å². The van der Waals surface area contributed by atoms with E-state index in [4.69, 9.17) is 4.74 Å². The minimum absolute atomic E-state index is 0.121. The predicted molar refractivity (Wildman–Crippen MR) is 54.5 cm³/mol. The van der Waals surface area contributed by atoms with Gasteiger partial charge in [-0.15, -0.1) is 0 Å². The highest BCUT2D eigenvalue weighted by molar-refractivity contribution is 5.86. The quantitative estimate of drug-likeness (QED) is 0.814. The van der Waals surface area contributed by atoms with E-state index in [-0.39, 0.29) is 18.6 Å². The van der Waals surface area contributed by atoms with Gasteiger partial charge in [-0.25, -0.2) is 8.78 Å². The molecule has 0 amide bonds. The van der Waals surface area contributed by atoms with Crippen molar-refractivity contribution in [3.8, 4) is 0 Å². The molecule has 0 aliphatic heterocycles. The molecule has 0 spiro atoms. The predicted octanol–water partition coefficient (Wildman–Crippen LogP) is 1.92. The first-order valence-electron chi connectivity index (χ1n) is 5.33. The molecular weight excluding hydrogens is 218 g/mol. The third kappa shape index (κ3) is 2.11. The fraction of sp³-hybridized carbons (Fsp3) is 0.909. The SMILES string of the molecule is COC(C)(C(C)=O)C1(O)CCC(F)(F)CC1. The number of hydrogen-bond acceptors (Lipinski definition) is 3. The number of ketones is 1. The summed E-state index contributed by atoms with van der Waals surface area (Å²) in [5, 5.41) is 10.3. The number of ether oxygens (including phenoxy) is 1. The Bertz CT molecular complexity index is 281. The van der Waals surface area contributed by atoms with Crippen LogP contribution in [0.1, 0.15) is 39.5 Å². The molecule has 0 aromatic rings. The first kappa shape index (κ1) is 13.5. The van der Waals surface area contributed by atoms with Crippen LogP contribution in [0.25, 0.3) is 0 Å². The molecule has 0 radical (unpaired) electrons. The number of methoxy groups -OCH3 is 1. The monoisotopic (exact) mass is 236 g/mol. The van der Waals surface area contributed by atoms with E-state index in [2.05, 4.69) is 0 Å². The van der Waals surface area contributed by atoms with Gasteiger partial charge in [-0.2, -0.15) is 0 Å². The molecule has 1 fully saturated rings. The summed E-state index contributed by atoms with van der Waals surface area (Å²) in [7, 11) is 1.31. The lowest BCUT2D eigenvalue weighted by Gasteiger charge is -2.46. The lowest BCUT2D eigenvalue weighted by Crippen LogP contribution is -2.60. The molecule has 1 saturated carbocycles. The van der Waals surface area contributed by atoms with E-state index < -0.39 is 30.0 Å². The second kappa shape index (κ2) is 4.04. The molecular formula is C11H18F2O3. The van der Waals surface area contributed by atoms with Crippen molar-refractivity contribution in [1.29, 1.82) is 0 Å². The van der Waals surface area contributed by atoms with Gasteiger partial charge in [0.1, 0.15) is 5.60 Å². The van der Waals surface area contributed by atoms with E-state index in [0.717, 1.165) is 0 Å². The van der Waals surface area contributed by atoms with Crippen molar-refractivity contribution >= 4 is 5.78 Å². The molecule has 0 aromatic heterocycles. The van der Waals surface area contributed by atoms with Crippen LogP contribution in [0.4, 0.5) is 8.78 Å². The Morgan fingerprint density at radius 1 is 1.31 bits per heavy atom. The van der Waals surface area contributed by atoms with Crippen molar-refractivity contribution < 1.29 is 23.4 Å². The molecule has 1 aliphatic rings. The molecule has 3 nitrogen and oxygen atoms in total. The van der Waals surface area contributed by atoms with Gasteiger partial charge in [0.2, 0.25) is 5.92 Å². The maximum absolute atomic E-state index is 13.0. The molecule has 0 saturated heterocycles. The van der Waals surface area contributed by atoms with E-state index in [1.165, 1.54) is 21.0 Å². The molecule has 0 bridgehead atoms. The van der Waals surface area contributed by atoms with Crippen LogP contribution in [-0.4, -0.2) is 35.1 Å². The molecule has 0 heterocycles. The molecule has 1 unspecified atom stereocenters. The Kier molecular flexibility index (Phi) is 3.41. The number of rotatable bonds is 3. The summed E-state index contributed by atoms with van der Waals surface area (Å²) in [6.45, 7) is 2.76. The van der Waals surface area contributed by atoms with E-state index >= 15 is 0 Å². The highest BCUT2D eigenvalue weighted by atomic mass is 19.3. The van der Waals surface area contributed by atoms with E-state index in [9.17, 15) is 18.7 Å². The Morgan fingerprint density at radius 3 is 2.06 bits per heavy atom. The highest BCUT2D eigenvalue weighted by Gasteiger charge is 2.55. The lowest BCUT2D eigenvalue weighted by atomic mass is 9.71. The Hall–Kier alpha value is -0.550. The first-order chi connectivity index (χ1) is 7.17. The maximum atomic E-state index is 13.0. The van der Waals surface area contributed by atoms with Gasteiger partial charge in [0.15, 0.2) is 11.4 Å². The van der Waals surface area contributed by atoms with Crippen LogP contribution >= 0.6 is 0 Å². The average Bonchev–Trinajstić information content (AvgIpc) is 2.21. The van der Waals surface area contributed by atoms with Gasteiger partial charge in [0.25, 0.3) is 0 Å². The fourth-order valence-corrected chi connectivity index (χ4v) is 2.17. The van der Waals surface area contributed by atoms with Crippen LogP contribution < -0.4 is 0 Å². The molecule has 1 rings (SSSR count). The molecule has 0 aromatic carbocycles. The molecule has 1 atom stereocenters. The van der Waals surface area contributed by atoms with Crippen LogP contribution in [0.5, 0.6) is 0 Å². The van der Waals surface area contributed by atoms with Crippen LogP contribution in [0, 0.1) is 0 Å². The van der Waals surface area contributed by atoms with Crippen LogP contribution in [0.15, 0.2) is 0 Å². The smallest absolute Gasteiger partial charge is 0.248 e. The summed E-state index contributed by atoms with van der Waals surface area (Å²) < 4.78 is 31.1. The first-order valence-corrected chi connectivity index (χ1v) is 5.33. The summed E-state index contributed by atoms with van der Waals surface area (Å²) >= 11 is 0. The molecule has 1 aliphatic carbocycles. The van der Waals surface area contributed by atoms with Crippen molar-refractivity contribution in [2.75, 3.05) is 7.11 Å². The van der Waals surface area contributed by atoms with Gasteiger partial charge in [0, 0.05) is 20.0 Å². The number of hydrogen-bond donors (Lipinski definition) is 1. The standard InChI is InChI=1S/C11H18F2O3/c1-8(14)9(2,16-3)10(15)4-6-11(12,13)7-5-10/h15H,4-7H2,1-3H3. The van der Waals surface area contributed by atoms with E-state index in [1.54, 1.807) is 0 Å². The van der Waals surface area contributed by atoms with Gasteiger partial charge >= 0.3 is 0 Å². The molecule has 1 N–H and O–H groups in total. The topological polar surface area (TPSA) is 46.5 Å². The van der Waals surface area contributed by atoms with Gasteiger partial charge in [-0.1, -0.05) is 0 Å². The third-order valence-electron chi connectivity index (χ3n) is 3.78. The lowest BCUT2D eigenvalue weighted by molar-refractivity contribution is -0.201. The third-order valence-corrected chi connectivity index (χ3v) is 3.78. The summed E-state index contributed by atoms with van der Waals surface area (Å²) in [5.41, 5.74) is -2.89. The van der Waals surface area contributed by atoms with Gasteiger partial charge in [-0.05, 0) is 26.7 Å². The number of Topliss-reactive ketones (excluding diaryl/α,β-unsaturated/α-hetero) is 1. The van der Waals surface area contributed by atoms with E-state index in [0.29, 0.717) is 0 Å². The summed E-state index contributed by atoms with van der Waals surface area (Å²) in [6.07, 6.45) is -1.06. The second-order valence-corrected chi connectivity index (χ2v) is 4.68. The van der Waals surface area contributed by atoms with Gasteiger partial charge < -0.3 is 9.84 Å². The number of halogens is 2. The number of carbonyl (C=O) groups is 1. The molecule has 94 valence electrons. The summed E-state index contributed by atoms with van der Waals surface area (Å²) in [5.74, 6) is -3.08. The van der Waals surface area contributed by atoms with Crippen molar-refractivity contribution in [3.63, 3.8) is 0 Å². The van der Waals surface area contributed by atoms with Crippen molar-refractivity contribution in [3.05, 3.63) is 0 Å². The fourth-order valence-electron chi connectivity index (χ4n) is 2.17. The van der Waals surface area contributed by atoms with Crippen molar-refractivity contribution in [1.82, 2.24) is 0 Å². The largest absolute Gasteiger partial charge is 0.386 e. The zero-order valence-electron chi connectivity index (χ0n) is 9.85. The van der Waals surface area contributed by atoms with Gasteiger partial charge in [0.05, 0.1) is 0 Å². The van der Waals surface area contributed by atoms with Crippen LogP contribution in [0.2, 0.25) is 0 Å². The average molecular weight is 236 g/mol. The molecule has 16 heavy (non-hydrogen) atoms. The van der Waals surface area contributed by atoms with Crippen molar-refractivity contribution in [2.45, 2.75) is 56.7 Å². The zero-order valence-corrected chi connectivity index (χ0v) is 9.85. The summed E-state index contributed by atoms with van der Waals surface area (Å²) in [4.78, 5) is 11.5. The zero-order chi connectivity index (χ0) is 12.6. The Morgan fingerprint density at radius 2 is 1.75 bits per heavy atom. The minimum atomic E-state index is -2.74. The molecule has 5 heteroatoms. The maximum Gasteiger partial charge on any atom is 0.248 e.